The van der Waals surface area contributed by atoms with Crippen molar-refractivity contribution >= 4 is 38.4 Å². The largest absolute Gasteiger partial charge is 0.348 e. The van der Waals surface area contributed by atoms with Gasteiger partial charge >= 0.3 is 0 Å². The maximum atomic E-state index is 13.8. The van der Waals surface area contributed by atoms with Gasteiger partial charge in [0.2, 0.25) is 9.84 Å². The van der Waals surface area contributed by atoms with Gasteiger partial charge in [0.15, 0.2) is 17.0 Å². The molecule has 1 saturated heterocycles. The van der Waals surface area contributed by atoms with Crippen LogP contribution in [0.5, 0.6) is 0 Å². The quantitative estimate of drug-likeness (QED) is 0.545. The lowest BCUT2D eigenvalue weighted by atomic mass is 10.2. The summed E-state index contributed by atoms with van der Waals surface area (Å²) in [6, 6.07) is 7.11. The summed E-state index contributed by atoms with van der Waals surface area (Å²) in [5, 5.41) is 7.42. The number of benzene rings is 1. The van der Waals surface area contributed by atoms with E-state index in [9.17, 15) is 17.2 Å². The van der Waals surface area contributed by atoms with Crippen molar-refractivity contribution in [2.45, 2.75) is 43.1 Å². The molecule has 0 atom stereocenters. The van der Waals surface area contributed by atoms with E-state index in [1.54, 1.807) is 18.2 Å². The summed E-state index contributed by atoms with van der Waals surface area (Å²) >= 11 is 6.22. The van der Waals surface area contributed by atoms with Crippen molar-refractivity contribution in [3.63, 3.8) is 0 Å². The summed E-state index contributed by atoms with van der Waals surface area (Å²) in [6.07, 6.45) is -0.349. The van der Waals surface area contributed by atoms with Crippen molar-refractivity contribution in [3.8, 4) is 0 Å². The number of nitrogens with zero attached hydrogens (tertiary/aromatic N) is 6. The number of rotatable bonds is 5. The van der Waals surface area contributed by atoms with Crippen LogP contribution in [0, 0.1) is 0 Å². The molecule has 0 spiro atoms. The average molecular weight is 457 g/mol. The minimum Gasteiger partial charge on any atom is -0.348 e. The number of aromatic nitrogens is 5. The first-order chi connectivity index (χ1) is 14.1. The lowest BCUT2D eigenvalue weighted by Gasteiger charge is -2.18. The van der Waals surface area contributed by atoms with E-state index in [1.807, 2.05) is 6.07 Å². The maximum absolute atomic E-state index is 13.8. The van der Waals surface area contributed by atoms with Crippen LogP contribution in [0.25, 0.3) is 11.2 Å². The van der Waals surface area contributed by atoms with Crippen LogP contribution in [-0.4, -0.2) is 57.6 Å². The van der Waals surface area contributed by atoms with E-state index in [-0.39, 0.29) is 36.5 Å². The van der Waals surface area contributed by atoms with Crippen molar-refractivity contribution in [2.75, 3.05) is 18.0 Å². The van der Waals surface area contributed by atoms with Gasteiger partial charge in [-0.1, -0.05) is 35.0 Å². The van der Waals surface area contributed by atoms with Crippen LogP contribution in [-0.2, 0) is 16.4 Å². The molecule has 3 heterocycles. The average Bonchev–Trinajstić information content (AvgIpc) is 3.25. The molecule has 160 valence electrons. The summed E-state index contributed by atoms with van der Waals surface area (Å²) in [6.45, 7) is 2.65. The van der Waals surface area contributed by atoms with E-state index in [1.165, 1.54) is 23.4 Å². The zero-order valence-electron chi connectivity index (χ0n) is 16.3. The van der Waals surface area contributed by atoms with E-state index in [2.05, 4.69) is 20.3 Å². The van der Waals surface area contributed by atoms with Gasteiger partial charge in [-0.15, -0.1) is 5.10 Å². The fourth-order valence-electron chi connectivity index (χ4n) is 3.19. The Balaban J connectivity index is 1.88. The number of anilines is 1. The molecule has 30 heavy (non-hydrogen) atoms. The molecule has 0 aliphatic carbocycles. The Morgan fingerprint density at radius 2 is 1.97 bits per heavy atom. The fourth-order valence-corrected chi connectivity index (χ4v) is 4.24. The predicted molar refractivity (Wildman–Crippen MR) is 108 cm³/mol. The Kier molecular flexibility index (Phi) is 5.13. The zero-order chi connectivity index (χ0) is 21.7. The van der Waals surface area contributed by atoms with Gasteiger partial charge in [0.05, 0.1) is 18.3 Å². The van der Waals surface area contributed by atoms with Gasteiger partial charge in [0.1, 0.15) is 0 Å². The third-order valence-corrected chi connectivity index (χ3v) is 7.25. The number of halogens is 3. The van der Waals surface area contributed by atoms with Gasteiger partial charge in [-0.05, 0) is 25.5 Å². The van der Waals surface area contributed by atoms with Crippen molar-refractivity contribution in [3.05, 3.63) is 34.9 Å². The molecule has 0 amide bonds. The smallest absolute Gasteiger partial charge is 0.266 e. The van der Waals surface area contributed by atoms with Gasteiger partial charge in [0, 0.05) is 18.0 Å². The standard InChI is InChI=1S/C18H19ClF2N6O2S/c1-11(2)30(28,29)17-22-15(26-8-7-18(20,21)10-26)14-16(23-17)27(25-24-14)9-12-5-3-4-6-13(12)19/h3-6,11H,7-10H2,1-2H3. The van der Waals surface area contributed by atoms with E-state index < -0.39 is 32.7 Å². The molecule has 12 heteroatoms. The number of hydrogen-bond donors (Lipinski definition) is 0. The Morgan fingerprint density at radius 3 is 2.60 bits per heavy atom. The van der Waals surface area contributed by atoms with Gasteiger partial charge in [-0.2, -0.15) is 9.97 Å². The summed E-state index contributed by atoms with van der Waals surface area (Å²) in [5.41, 5.74) is 1.05. The molecule has 1 aromatic carbocycles. The first kappa shape index (κ1) is 20.9. The number of hydrogen-bond acceptors (Lipinski definition) is 7. The molecule has 0 saturated carbocycles. The monoisotopic (exact) mass is 456 g/mol. The molecule has 1 aliphatic rings. The highest BCUT2D eigenvalue weighted by molar-refractivity contribution is 7.91. The third kappa shape index (κ3) is 3.71. The zero-order valence-corrected chi connectivity index (χ0v) is 17.8. The molecule has 0 unspecified atom stereocenters. The number of alkyl halides is 2. The highest BCUT2D eigenvalue weighted by Gasteiger charge is 2.40. The SMILES string of the molecule is CC(C)S(=O)(=O)c1nc(N2CCC(F)(F)C2)c2nnn(Cc3ccccc3Cl)c2n1. The first-order valence-corrected chi connectivity index (χ1v) is 11.2. The lowest BCUT2D eigenvalue weighted by Crippen LogP contribution is -2.27. The molecule has 8 nitrogen and oxygen atoms in total. The Morgan fingerprint density at radius 1 is 1.23 bits per heavy atom. The molecule has 1 fully saturated rings. The Hall–Kier alpha value is -2.40. The molecule has 2 aromatic heterocycles. The Labute approximate surface area is 176 Å². The molecule has 0 bridgehead atoms. The summed E-state index contributed by atoms with van der Waals surface area (Å²) in [4.78, 5) is 9.67. The molecule has 1 aliphatic heterocycles. The second-order valence-corrected chi connectivity index (χ2v) is 10.3. The van der Waals surface area contributed by atoms with Gasteiger partial charge in [-0.3, -0.25) is 0 Å². The minimum atomic E-state index is -3.86. The third-order valence-electron chi connectivity index (χ3n) is 4.95. The van der Waals surface area contributed by atoms with Gasteiger partial charge in [-0.25, -0.2) is 21.9 Å². The van der Waals surface area contributed by atoms with Crippen molar-refractivity contribution in [1.82, 2.24) is 25.0 Å². The second kappa shape index (κ2) is 7.38. The van der Waals surface area contributed by atoms with E-state index in [4.69, 9.17) is 11.6 Å². The van der Waals surface area contributed by atoms with Crippen LogP contribution in [0.3, 0.4) is 0 Å². The molecular formula is C18H19ClF2N6O2S. The predicted octanol–water partition coefficient (Wildman–Crippen LogP) is 2.95. The van der Waals surface area contributed by atoms with Crippen LogP contribution in [0.4, 0.5) is 14.6 Å². The molecule has 0 N–H and O–H groups in total. The second-order valence-electron chi connectivity index (χ2n) is 7.46. The summed E-state index contributed by atoms with van der Waals surface area (Å²) < 4.78 is 54.5. The van der Waals surface area contributed by atoms with Crippen molar-refractivity contribution < 1.29 is 17.2 Å². The maximum Gasteiger partial charge on any atom is 0.266 e. The molecular weight excluding hydrogens is 438 g/mol. The fraction of sp³-hybridized carbons (Fsp3) is 0.444. The Bertz CT molecular complexity index is 1210. The minimum absolute atomic E-state index is 0.0254. The van der Waals surface area contributed by atoms with E-state index in [0.717, 1.165) is 5.56 Å². The van der Waals surface area contributed by atoms with Gasteiger partial charge in [0.25, 0.3) is 11.1 Å². The highest BCUT2D eigenvalue weighted by atomic mass is 35.5. The van der Waals surface area contributed by atoms with Crippen LogP contribution in [0.1, 0.15) is 25.8 Å². The topological polar surface area (TPSA) is 93.9 Å². The molecule has 3 aromatic rings. The van der Waals surface area contributed by atoms with Crippen molar-refractivity contribution in [1.29, 1.82) is 0 Å². The van der Waals surface area contributed by atoms with Gasteiger partial charge < -0.3 is 4.90 Å². The van der Waals surface area contributed by atoms with E-state index in [0.29, 0.717) is 5.02 Å². The number of sulfone groups is 1. The highest BCUT2D eigenvalue weighted by Crippen LogP contribution is 2.33. The van der Waals surface area contributed by atoms with Crippen LogP contribution in [0.15, 0.2) is 29.4 Å². The van der Waals surface area contributed by atoms with Crippen LogP contribution < -0.4 is 4.90 Å². The van der Waals surface area contributed by atoms with E-state index >= 15 is 0 Å². The van der Waals surface area contributed by atoms with Crippen LogP contribution >= 0.6 is 11.6 Å². The summed E-state index contributed by atoms with van der Waals surface area (Å²) in [7, 11) is -3.86. The van der Waals surface area contributed by atoms with Crippen LogP contribution in [0.2, 0.25) is 5.02 Å². The lowest BCUT2D eigenvalue weighted by molar-refractivity contribution is 0.0257. The molecule has 0 radical (unpaired) electrons. The number of fused-ring (bicyclic) bond motifs is 1. The van der Waals surface area contributed by atoms with Crippen molar-refractivity contribution in [2.24, 2.45) is 0 Å². The first-order valence-electron chi connectivity index (χ1n) is 9.30. The molecule has 4 rings (SSSR count). The summed E-state index contributed by atoms with van der Waals surface area (Å²) in [5.74, 6) is -2.84. The normalized spacial score (nSPS) is 16.7.